The highest BCUT2D eigenvalue weighted by Crippen LogP contribution is 2.28. The van der Waals surface area contributed by atoms with Gasteiger partial charge in [-0.05, 0) is 48.6 Å². The van der Waals surface area contributed by atoms with E-state index in [1.165, 1.54) is 16.7 Å². The minimum Gasteiger partial charge on any atom is -0.494 e. The second kappa shape index (κ2) is 8.37. The third-order valence-electron chi connectivity index (χ3n) is 4.91. The molecule has 4 heteroatoms. The lowest BCUT2D eigenvalue weighted by Crippen LogP contribution is -2.30. The van der Waals surface area contributed by atoms with Gasteiger partial charge in [0.25, 0.3) is 0 Å². The van der Waals surface area contributed by atoms with Crippen LogP contribution in [-0.4, -0.2) is 24.0 Å². The van der Waals surface area contributed by atoms with Crippen LogP contribution in [0.1, 0.15) is 49.1 Å². The van der Waals surface area contributed by atoms with Crippen molar-refractivity contribution in [1.29, 1.82) is 0 Å². The molecule has 1 aliphatic rings. The van der Waals surface area contributed by atoms with E-state index in [9.17, 15) is 4.79 Å². The van der Waals surface area contributed by atoms with Gasteiger partial charge in [0.1, 0.15) is 5.75 Å². The van der Waals surface area contributed by atoms with Crippen LogP contribution < -0.4 is 10.1 Å². The van der Waals surface area contributed by atoms with Crippen LogP contribution >= 0.6 is 0 Å². The number of rotatable bonds is 6. The van der Waals surface area contributed by atoms with Crippen molar-refractivity contribution >= 4 is 5.91 Å². The molecular formula is C22H28N2O2. The summed E-state index contributed by atoms with van der Waals surface area (Å²) in [6.07, 6.45) is 1.03. The predicted octanol–water partition coefficient (Wildman–Crippen LogP) is 3.84. The number of carbonyl (C=O) groups excluding carboxylic acids is 1. The first-order valence-corrected chi connectivity index (χ1v) is 9.38. The number of amides is 1. The molecule has 0 radical (unpaired) electrons. The van der Waals surface area contributed by atoms with E-state index in [2.05, 4.69) is 52.7 Å². The van der Waals surface area contributed by atoms with Crippen LogP contribution in [0.25, 0.3) is 0 Å². The van der Waals surface area contributed by atoms with Crippen LogP contribution in [0.3, 0.4) is 0 Å². The monoisotopic (exact) mass is 352 g/mol. The third-order valence-corrected chi connectivity index (χ3v) is 4.91. The number of carbonyl (C=O) groups is 1. The molecule has 2 aromatic rings. The molecule has 0 aliphatic carbocycles. The predicted molar refractivity (Wildman–Crippen MR) is 104 cm³/mol. The van der Waals surface area contributed by atoms with Gasteiger partial charge in [-0.15, -0.1) is 0 Å². The van der Waals surface area contributed by atoms with Crippen molar-refractivity contribution in [3.8, 4) is 5.75 Å². The highest BCUT2D eigenvalue weighted by atomic mass is 16.5. The molecule has 2 aromatic carbocycles. The van der Waals surface area contributed by atoms with Crippen molar-refractivity contribution in [3.05, 3.63) is 64.7 Å². The maximum Gasteiger partial charge on any atom is 0.217 e. The van der Waals surface area contributed by atoms with Crippen molar-refractivity contribution in [2.45, 2.75) is 46.3 Å². The Kier molecular flexibility index (Phi) is 5.94. The maximum absolute atomic E-state index is 11.2. The molecule has 1 unspecified atom stereocenters. The van der Waals surface area contributed by atoms with Gasteiger partial charge in [-0.25, -0.2) is 0 Å². The SMILES string of the molecule is CCOc1cccc2c1CCN(Cc1ccc(C(C)NC(C)=O)cc1)C2. The number of hydrogen-bond acceptors (Lipinski definition) is 3. The van der Waals surface area contributed by atoms with Gasteiger partial charge in [0, 0.05) is 26.6 Å². The topological polar surface area (TPSA) is 41.6 Å². The summed E-state index contributed by atoms with van der Waals surface area (Å²) in [6, 6.07) is 15.0. The second-order valence-corrected chi connectivity index (χ2v) is 6.95. The molecule has 0 saturated heterocycles. The average molecular weight is 352 g/mol. The molecule has 3 rings (SSSR count). The summed E-state index contributed by atoms with van der Waals surface area (Å²) in [7, 11) is 0. The molecule has 1 aliphatic heterocycles. The van der Waals surface area contributed by atoms with Crippen LogP contribution in [-0.2, 0) is 24.3 Å². The van der Waals surface area contributed by atoms with Crippen molar-refractivity contribution in [1.82, 2.24) is 10.2 Å². The van der Waals surface area contributed by atoms with Gasteiger partial charge in [-0.1, -0.05) is 36.4 Å². The molecule has 138 valence electrons. The van der Waals surface area contributed by atoms with Crippen LogP contribution in [0, 0.1) is 0 Å². The Morgan fingerprint density at radius 2 is 2.00 bits per heavy atom. The lowest BCUT2D eigenvalue weighted by Gasteiger charge is -2.30. The Hall–Kier alpha value is -2.33. The summed E-state index contributed by atoms with van der Waals surface area (Å²) in [4.78, 5) is 13.7. The van der Waals surface area contributed by atoms with Gasteiger partial charge in [-0.2, -0.15) is 0 Å². The van der Waals surface area contributed by atoms with Crippen molar-refractivity contribution in [3.63, 3.8) is 0 Å². The number of fused-ring (bicyclic) bond motifs is 1. The van der Waals surface area contributed by atoms with Gasteiger partial charge in [0.15, 0.2) is 0 Å². The summed E-state index contributed by atoms with van der Waals surface area (Å²) in [6.45, 7) is 9.24. The van der Waals surface area contributed by atoms with Gasteiger partial charge in [0.2, 0.25) is 5.91 Å². The van der Waals surface area contributed by atoms with Crippen LogP contribution in [0.4, 0.5) is 0 Å². The fourth-order valence-electron chi connectivity index (χ4n) is 3.62. The number of nitrogens with zero attached hydrogens (tertiary/aromatic N) is 1. The molecule has 0 fully saturated rings. The van der Waals surface area contributed by atoms with Crippen LogP contribution in [0.5, 0.6) is 5.75 Å². The molecule has 0 bridgehead atoms. The highest BCUT2D eigenvalue weighted by Gasteiger charge is 2.19. The lowest BCUT2D eigenvalue weighted by atomic mass is 9.98. The van der Waals surface area contributed by atoms with Crippen molar-refractivity contribution < 1.29 is 9.53 Å². The summed E-state index contributed by atoms with van der Waals surface area (Å²) in [5.41, 5.74) is 5.17. The van der Waals surface area contributed by atoms with Crippen molar-refractivity contribution in [2.24, 2.45) is 0 Å². The van der Waals surface area contributed by atoms with E-state index in [1.807, 2.05) is 13.8 Å². The number of ether oxygens (including phenoxy) is 1. The molecule has 1 N–H and O–H groups in total. The fraction of sp³-hybridized carbons (Fsp3) is 0.409. The zero-order chi connectivity index (χ0) is 18.5. The zero-order valence-corrected chi connectivity index (χ0v) is 15.9. The largest absolute Gasteiger partial charge is 0.494 e. The molecule has 0 aromatic heterocycles. The molecule has 1 amide bonds. The number of nitrogens with one attached hydrogen (secondary N) is 1. The quantitative estimate of drug-likeness (QED) is 0.859. The highest BCUT2D eigenvalue weighted by molar-refractivity contribution is 5.73. The molecule has 1 heterocycles. The van der Waals surface area contributed by atoms with E-state index in [0.717, 1.165) is 37.4 Å². The normalized spacial score (nSPS) is 15.2. The second-order valence-electron chi connectivity index (χ2n) is 6.95. The number of hydrogen-bond donors (Lipinski definition) is 1. The van der Waals surface area contributed by atoms with Gasteiger partial charge < -0.3 is 10.1 Å². The van der Waals surface area contributed by atoms with E-state index in [0.29, 0.717) is 6.61 Å². The Balaban J connectivity index is 1.64. The average Bonchev–Trinajstić information content (AvgIpc) is 2.62. The first-order chi connectivity index (χ1) is 12.6. The van der Waals surface area contributed by atoms with E-state index >= 15 is 0 Å². The first-order valence-electron chi connectivity index (χ1n) is 9.38. The summed E-state index contributed by atoms with van der Waals surface area (Å²) in [5, 5.41) is 2.93. The van der Waals surface area contributed by atoms with E-state index in [-0.39, 0.29) is 11.9 Å². The van der Waals surface area contributed by atoms with E-state index in [4.69, 9.17) is 4.74 Å². The molecule has 0 spiro atoms. The standard InChI is InChI=1S/C22H28N2O2/c1-4-26-22-7-5-6-20-15-24(13-12-21(20)22)14-18-8-10-19(11-9-18)16(2)23-17(3)25/h5-11,16H,4,12-15H2,1-3H3,(H,23,25). The minimum absolute atomic E-state index is 0.0000181. The Morgan fingerprint density at radius 1 is 1.23 bits per heavy atom. The van der Waals surface area contributed by atoms with Gasteiger partial charge in [-0.3, -0.25) is 9.69 Å². The van der Waals surface area contributed by atoms with Crippen molar-refractivity contribution in [2.75, 3.05) is 13.2 Å². The Labute approximate surface area is 156 Å². The molecular weight excluding hydrogens is 324 g/mol. The Morgan fingerprint density at radius 3 is 2.69 bits per heavy atom. The summed E-state index contributed by atoms with van der Waals surface area (Å²) in [5.74, 6) is 1.04. The van der Waals surface area contributed by atoms with E-state index < -0.39 is 0 Å². The van der Waals surface area contributed by atoms with Crippen LogP contribution in [0.15, 0.2) is 42.5 Å². The number of benzene rings is 2. The smallest absolute Gasteiger partial charge is 0.217 e. The molecule has 0 saturated carbocycles. The fourth-order valence-corrected chi connectivity index (χ4v) is 3.62. The lowest BCUT2D eigenvalue weighted by molar-refractivity contribution is -0.119. The third kappa shape index (κ3) is 4.44. The van der Waals surface area contributed by atoms with E-state index in [1.54, 1.807) is 6.92 Å². The van der Waals surface area contributed by atoms with Gasteiger partial charge >= 0.3 is 0 Å². The molecule has 26 heavy (non-hydrogen) atoms. The molecule has 1 atom stereocenters. The minimum atomic E-state index is -0.0000181. The Bertz CT molecular complexity index is 755. The summed E-state index contributed by atoms with van der Waals surface area (Å²) < 4.78 is 5.77. The first kappa shape index (κ1) is 18.5. The van der Waals surface area contributed by atoms with Gasteiger partial charge in [0.05, 0.1) is 12.6 Å². The summed E-state index contributed by atoms with van der Waals surface area (Å²) >= 11 is 0. The molecule has 4 nitrogen and oxygen atoms in total. The zero-order valence-electron chi connectivity index (χ0n) is 15.9. The maximum atomic E-state index is 11.2. The van der Waals surface area contributed by atoms with Crippen LogP contribution in [0.2, 0.25) is 0 Å².